The molecule has 7 nitrogen and oxygen atoms in total. The van der Waals surface area contributed by atoms with Gasteiger partial charge in [-0.25, -0.2) is 4.79 Å². The van der Waals surface area contributed by atoms with Crippen LogP contribution in [0.25, 0.3) is 0 Å². The van der Waals surface area contributed by atoms with Gasteiger partial charge in [-0.05, 0) is 20.8 Å². The normalized spacial score (nSPS) is 27.5. The highest BCUT2D eigenvalue weighted by molar-refractivity contribution is 5.75. The van der Waals surface area contributed by atoms with Gasteiger partial charge >= 0.3 is 12.1 Å². The van der Waals surface area contributed by atoms with Crippen molar-refractivity contribution in [1.29, 1.82) is 0 Å². The summed E-state index contributed by atoms with van der Waals surface area (Å²) in [6, 6.07) is -0.729. The number of amides is 1. The number of aliphatic carboxylic acids is 1. The molecular formula is C12H21NO6. The van der Waals surface area contributed by atoms with Crippen LogP contribution in [-0.2, 0) is 9.53 Å². The van der Waals surface area contributed by atoms with Crippen LogP contribution in [-0.4, -0.2) is 52.2 Å². The summed E-state index contributed by atoms with van der Waals surface area (Å²) < 4.78 is 5.04. The van der Waals surface area contributed by atoms with E-state index in [1.165, 1.54) is 0 Å². The van der Waals surface area contributed by atoms with Crippen LogP contribution in [0.1, 0.15) is 20.8 Å². The molecule has 1 aliphatic carbocycles. The van der Waals surface area contributed by atoms with Crippen molar-refractivity contribution in [3.05, 3.63) is 0 Å². The van der Waals surface area contributed by atoms with Crippen LogP contribution in [0.2, 0.25) is 0 Å². The lowest BCUT2D eigenvalue weighted by atomic mass is 10.1. The second-order valence-corrected chi connectivity index (χ2v) is 5.72. The van der Waals surface area contributed by atoms with E-state index < -0.39 is 48.1 Å². The number of alkyl carbamates (subject to hydrolysis) is 1. The average Bonchev–Trinajstić information content (AvgIpc) is 2.97. The van der Waals surface area contributed by atoms with Crippen LogP contribution in [0.5, 0.6) is 0 Å². The van der Waals surface area contributed by atoms with E-state index in [0.29, 0.717) is 0 Å². The largest absolute Gasteiger partial charge is 0.481 e. The van der Waals surface area contributed by atoms with E-state index >= 15 is 0 Å². The number of hydrogen-bond donors (Lipinski definition) is 4. The zero-order valence-electron chi connectivity index (χ0n) is 11.3. The Morgan fingerprint density at radius 1 is 1.32 bits per heavy atom. The molecular weight excluding hydrogens is 254 g/mol. The third-order valence-electron chi connectivity index (χ3n) is 3.09. The predicted molar refractivity (Wildman–Crippen MR) is 65.4 cm³/mol. The van der Waals surface area contributed by atoms with Gasteiger partial charge in [0.25, 0.3) is 0 Å². The van der Waals surface area contributed by atoms with E-state index in [2.05, 4.69) is 5.32 Å². The minimum Gasteiger partial charge on any atom is -0.481 e. The van der Waals surface area contributed by atoms with Crippen molar-refractivity contribution in [2.24, 2.45) is 17.8 Å². The summed E-state index contributed by atoms with van der Waals surface area (Å²) in [6.45, 7) is 4.43. The summed E-state index contributed by atoms with van der Waals surface area (Å²) >= 11 is 0. The highest BCUT2D eigenvalue weighted by atomic mass is 16.6. The van der Waals surface area contributed by atoms with Crippen LogP contribution in [0.4, 0.5) is 4.79 Å². The minimum absolute atomic E-state index is 0.284. The Labute approximate surface area is 111 Å². The molecule has 1 amide bonds. The van der Waals surface area contributed by atoms with E-state index in [1.54, 1.807) is 20.8 Å². The summed E-state index contributed by atoms with van der Waals surface area (Å²) in [6.07, 6.45) is -0.709. The monoisotopic (exact) mass is 275 g/mol. The summed E-state index contributed by atoms with van der Waals surface area (Å²) in [7, 11) is 0. The molecule has 1 fully saturated rings. The van der Waals surface area contributed by atoms with Gasteiger partial charge in [-0.1, -0.05) is 0 Å². The Bertz CT molecular complexity index is 351. The lowest BCUT2D eigenvalue weighted by Crippen LogP contribution is -2.43. The molecule has 1 unspecified atom stereocenters. The molecule has 0 aliphatic heterocycles. The van der Waals surface area contributed by atoms with Gasteiger partial charge in [0.15, 0.2) is 0 Å². The van der Waals surface area contributed by atoms with Crippen LogP contribution in [0, 0.1) is 17.8 Å². The topological polar surface area (TPSA) is 116 Å². The molecule has 0 heterocycles. The number of aliphatic hydroxyl groups excluding tert-OH is 2. The zero-order valence-corrected chi connectivity index (χ0v) is 11.3. The molecule has 1 rings (SSSR count). The molecule has 1 saturated carbocycles. The third kappa shape index (κ3) is 4.07. The highest BCUT2D eigenvalue weighted by Gasteiger charge is 2.58. The lowest BCUT2D eigenvalue weighted by Gasteiger charge is -2.23. The molecule has 1 aliphatic rings. The van der Waals surface area contributed by atoms with E-state index in [-0.39, 0.29) is 6.61 Å². The molecule has 0 aromatic heterocycles. The number of carbonyl (C=O) groups excluding carboxylic acids is 1. The quantitative estimate of drug-likeness (QED) is 0.552. The van der Waals surface area contributed by atoms with Crippen molar-refractivity contribution < 1.29 is 29.6 Å². The highest BCUT2D eigenvalue weighted by Crippen LogP contribution is 2.48. The van der Waals surface area contributed by atoms with Gasteiger partial charge in [0.05, 0.1) is 18.6 Å². The molecule has 0 radical (unpaired) electrons. The molecule has 0 aromatic rings. The predicted octanol–water partition coefficient (Wildman–Crippen LogP) is -0.189. The van der Waals surface area contributed by atoms with Crippen molar-refractivity contribution in [2.45, 2.75) is 32.4 Å². The first-order valence-corrected chi connectivity index (χ1v) is 6.15. The second kappa shape index (κ2) is 5.75. The Hall–Kier alpha value is -1.34. The Balaban J connectivity index is 2.60. The number of rotatable bonds is 5. The van der Waals surface area contributed by atoms with Gasteiger partial charge in [-0.2, -0.15) is 0 Å². The number of hydrogen-bond acceptors (Lipinski definition) is 5. The maximum atomic E-state index is 11.6. The summed E-state index contributed by atoms with van der Waals surface area (Å²) in [5, 5.41) is 29.7. The molecule has 4 atom stereocenters. The molecule has 7 heteroatoms. The molecule has 0 bridgehead atoms. The SMILES string of the molecule is CC(C)(C)OC(=O)N[C@H](CO)[C@@H]1C(CO)[C@@H]1C(=O)O. The van der Waals surface area contributed by atoms with Gasteiger partial charge in [0.2, 0.25) is 0 Å². The fraction of sp³-hybridized carbons (Fsp3) is 0.833. The number of carboxylic acid groups (broad SMARTS) is 1. The lowest BCUT2D eigenvalue weighted by molar-refractivity contribution is -0.139. The van der Waals surface area contributed by atoms with Crippen molar-refractivity contribution in [3.63, 3.8) is 0 Å². The van der Waals surface area contributed by atoms with Crippen LogP contribution in [0.3, 0.4) is 0 Å². The van der Waals surface area contributed by atoms with Gasteiger partial charge < -0.3 is 25.4 Å². The number of carbonyl (C=O) groups is 2. The Morgan fingerprint density at radius 3 is 2.21 bits per heavy atom. The first kappa shape index (κ1) is 15.7. The number of aliphatic hydroxyl groups is 2. The third-order valence-corrected chi connectivity index (χ3v) is 3.09. The van der Waals surface area contributed by atoms with Gasteiger partial charge in [-0.15, -0.1) is 0 Å². The number of nitrogens with one attached hydrogen (secondary N) is 1. The first-order valence-electron chi connectivity index (χ1n) is 6.15. The van der Waals surface area contributed by atoms with Crippen molar-refractivity contribution in [1.82, 2.24) is 5.32 Å². The van der Waals surface area contributed by atoms with Gasteiger partial charge in [0, 0.05) is 18.4 Å². The maximum absolute atomic E-state index is 11.6. The van der Waals surface area contributed by atoms with Crippen LogP contribution >= 0.6 is 0 Å². The summed E-state index contributed by atoms with van der Waals surface area (Å²) in [4.78, 5) is 22.5. The Morgan fingerprint density at radius 2 is 1.89 bits per heavy atom. The van der Waals surface area contributed by atoms with Crippen molar-refractivity contribution in [3.8, 4) is 0 Å². The van der Waals surface area contributed by atoms with E-state index in [1.807, 2.05) is 0 Å². The zero-order chi connectivity index (χ0) is 14.8. The fourth-order valence-electron chi connectivity index (χ4n) is 2.25. The number of carboxylic acids is 1. The van der Waals surface area contributed by atoms with Crippen molar-refractivity contribution in [2.75, 3.05) is 13.2 Å². The average molecular weight is 275 g/mol. The van der Waals surface area contributed by atoms with Crippen LogP contribution in [0.15, 0.2) is 0 Å². The summed E-state index contributed by atoms with van der Waals surface area (Å²) in [5.41, 5.74) is -0.670. The molecule has 0 spiro atoms. The van der Waals surface area contributed by atoms with Crippen molar-refractivity contribution >= 4 is 12.1 Å². The smallest absolute Gasteiger partial charge is 0.407 e. The molecule has 110 valence electrons. The summed E-state index contributed by atoms with van der Waals surface area (Å²) in [5.74, 6) is -2.69. The van der Waals surface area contributed by atoms with Gasteiger partial charge in [0.1, 0.15) is 5.60 Å². The second-order valence-electron chi connectivity index (χ2n) is 5.72. The molecule has 4 N–H and O–H groups in total. The van der Waals surface area contributed by atoms with Gasteiger partial charge in [-0.3, -0.25) is 4.79 Å². The minimum atomic E-state index is -1.03. The maximum Gasteiger partial charge on any atom is 0.407 e. The first-order chi connectivity index (χ1) is 8.71. The van der Waals surface area contributed by atoms with E-state index in [0.717, 1.165) is 0 Å². The van der Waals surface area contributed by atoms with Crippen LogP contribution < -0.4 is 5.32 Å². The molecule has 0 aromatic carbocycles. The van der Waals surface area contributed by atoms with E-state index in [9.17, 15) is 14.7 Å². The molecule has 19 heavy (non-hydrogen) atoms. The standard InChI is InChI=1S/C12H21NO6/c1-12(2,3)19-11(18)13-7(5-15)8-6(4-14)9(8)10(16)17/h6-9,14-15H,4-5H2,1-3H3,(H,13,18)(H,16,17)/t6?,7-,8+,9+/m1/s1. The fourth-order valence-corrected chi connectivity index (χ4v) is 2.25. The molecule has 0 saturated heterocycles. The number of ether oxygens (including phenoxy) is 1. The van der Waals surface area contributed by atoms with E-state index in [4.69, 9.17) is 14.9 Å². The Kier molecular flexibility index (Phi) is 4.75.